The molecule has 90 valence electrons. The Bertz CT molecular complexity index is 304. The zero-order valence-electron chi connectivity index (χ0n) is 8.93. The lowest BCUT2D eigenvalue weighted by Crippen LogP contribution is -2.57. The van der Waals surface area contributed by atoms with Gasteiger partial charge in [0.15, 0.2) is 0 Å². The van der Waals surface area contributed by atoms with Crippen LogP contribution in [0.3, 0.4) is 0 Å². The number of carboxylic acid groups (broad SMARTS) is 1. The molecule has 2 N–H and O–H groups in total. The Morgan fingerprint density at radius 1 is 1.50 bits per heavy atom. The molecule has 1 aliphatic rings. The molecule has 0 saturated carbocycles. The highest BCUT2D eigenvalue weighted by Gasteiger charge is 2.35. The lowest BCUT2D eigenvalue weighted by molar-refractivity contribution is -0.162. The molecule has 7 heteroatoms. The molecule has 0 radical (unpaired) electrons. The van der Waals surface area contributed by atoms with Crippen LogP contribution in [0.2, 0.25) is 0 Å². The third-order valence-corrected chi connectivity index (χ3v) is 2.23. The second kappa shape index (κ2) is 5.45. The van der Waals surface area contributed by atoms with E-state index in [9.17, 15) is 14.4 Å². The molecule has 7 nitrogen and oxygen atoms in total. The fraction of sp³-hybridized carbons (Fsp3) is 0.667. The standard InChI is InChI=1S/C9H14N2O5/c1-2-10-7(12)6-5-16-4-3-11(6)8(13)9(14)15/h6H,2-5H2,1H3,(H,10,12)(H,14,15). The molecule has 0 bridgehead atoms. The number of likely N-dealkylation sites (N-methyl/N-ethyl adjacent to an activating group) is 1. The highest BCUT2D eigenvalue weighted by Crippen LogP contribution is 2.07. The molecule has 16 heavy (non-hydrogen) atoms. The van der Waals surface area contributed by atoms with Crippen molar-refractivity contribution in [3.05, 3.63) is 0 Å². The number of ether oxygens (including phenoxy) is 1. The largest absolute Gasteiger partial charge is 0.474 e. The summed E-state index contributed by atoms with van der Waals surface area (Å²) in [6.45, 7) is 2.56. The summed E-state index contributed by atoms with van der Waals surface area (Å²) in [6, 6.07) is -0.850. The van der Waals surface area contributed by atoms with Crippen molar-refractivity contribution in [1.82, 2.24) is 10.2 Å². The summed E-state index contributed by atoms with van der Waals surface area (Å²) in [5.41, 5.74) is 0. The Labute approximate surface area is 92.4 Å². The van der Waals surface area contributed by atoms with Gasteiger partial charge in [0.2, 0.25) is 5.91 Å². The van der Waals surface area contributed by atoms with Crippen LogP contribution >= 0.6 is 0 Å². The molecule has 0 spiro atoms. The van der Waals surface area contributed by atoms with E-state index in [-0.39, 0.29) is 19.8 Å². The highest BCUT2D eigenvalue weighted by atomic mass is 16.5. The molecule has 1 atom stereocenters. The van der Waals surface area contributed by atoms with Crippen molar-refractivity contribution in [2.45, 2.75) is 13.0 Å². The minimum absolute atomic E-state index is 0.0326. The van der Waals surface area contributed by atoms with Crippen LogP contribution in [-0.4, -0.2) is 60.1 Å². The van der Waals surface area contributed by atoms with Crippen LogP contribution in [-0.2, 0) is 19.1 Å². The molecule has 0 aromatic carbocycles. The van der Waals surface area contributed by atoms with Crippen LogP contribution in [0, 0.1) is 0 Å². The van der Waals surface area contributed by atoms with Gasteiger partial charge in [0, 0.05) is 13.1 Å². The van der Waals surface area contributed by atoms with Gasteiger partial charge in [0.05, 0.1) is 13.2 Å². The van der Waals surface area contributed by atoms with Crippen molar-refractivity contribution in [3.8, 4) is 0 Å². The second-order valence-corrected chi connectivity index (χ2v) is 3.29. The summed E-state index contributed by atoms with van der Waals surface area (Å²) in [6.07, 6.45) is 0. The molecule has 0 aromatic rings. The Kier molecular flexibility index (Phi) is 4.24. The van der Waals surface area contributed by atoms with Crippen molar-refractivity contribution in [1.29, 1.82) is 0 Å². The maximum Gasteiger partial charge on any atom is 0.394 e. The molecule has 0 aliphatic carbocycles. The number of aliphatic carboxylic acids is 1. The number of morpholine rings is 1. The van der Waals surface area contributed by atoms with E-state index in [0.29, 0.717) is 6.54 Å². The fourth-order valence-electron chi connectivity index (χ4n) is 1.48. The third kappa shape index (κ3) is 2.69. The second-order valence-electron chi connectivity index (χ2n) is 3.29. The maximum atomic E-state index is 11.6. The van der Waals surface area contributed by atoms with Gasteiger partial charge in [-0.2, -0.15) is 0 Å². The van der Waals surface area contributed by atoms with Gasteiger partial charge in [-0.05, 0) is 6.92 Å². The zero-order chi connectivity index (χ0) is 12.1. The van der Waals surface area contributed by atoms with Gasteiger partial charge < -0.3 is 20.1 Å². The Hall–Kier alpha value is -1.63. The topological polar surface area (TPSA) is 95.9 Å². The first-order valence-corrected chi connectivity index (χ1v) is 4.97. The average molecular weight is 230 g/mol. The van der Waals surface area contributed by atoms with Gasteiger partial charge >= 0.3 is 11.9 Å². The highest BCUT2D eigenvalue weighted by molar-refractivity contribution is 6.31. The number of amides is 2. The van der Waals surface area contributed by atoms with Crippen LogP contribution in [0.4, 0.5) is 0 Å². The molecular weight excluding hydrogens is 216 g/mol. The summed E-state index contributed by atoms with van der Waals surface area (Å²) in [4.78, 5) is 34.5. The predicted molar refractivity (Wildman–Crippen MR) is 52.6 cm³/mol. The number of hydrogen-bond acceptors (Lipinski definition) is 4. The Morgan fingerprint density at radius 2 is 2.19 bits per heavy atom. The molecule has 0 aromatic heterocycles. The van der Waals surface area contributed by atoms with Crippen LogP contribution < -0.4 is 5.32 Å². The van der Waals surface area contributed by atoms with Gasteiger partial charge in [-0.1, -0.05) is 0 Å². The van der Waals surface area contributed by atoms with Crippen LogP contribution in [0.25, 0.3) is 0 Å². The molecule has 1 unspecified atom stereocenters. The number of carbonyl (C=O) groups excluding carboxylic acids is 2. The summed E-state index contributed by atoms with van der Waals surface area (Å²) < 4.78 is 5.06. The molecule has 1 saturated heterocycles. The summed E-state index contributed by atoms with van der Waals surface area (Å²) in [5.74, 6) is -3.02. The van der Waals surface area contributed by atoms with Crippen molar-refractivity contribution >= 4 is 17.8 Å². The first-order valence-electron chi connectivity index (χ1n) is 4.97. The van der Waals surface area contributed by atoms with Crippen LogP contribution in [0.15, 0.2) is 0 Å². The number of carbonyl (C=O) groups is 3. The SMILES string of the molecule is CCNC(=O)C1COCCN1C(=O)C(=O)O. The number of nitrogens with one attached hydrogen (secondary N) is 1. The smallest absolute Gasteiger partial charge is 0.394 e. The molecule has 1 aliphatic heterocycles. The minimum atomic E-state index is -1.56. The molecule has 1 rings (SSSR count). The quantitative estimate of drug-likeness (QED) is 0.559. The van der Waals surface area contributed by atoms with Gasteiger partial charge in [0.25, 0.3) is 0 Å². The molecule has 2 amide bonds. The zero-order valence-corrected chi connectivity index (χ0v) is 8.93. The molecular formula is C9H14N2O5. The van der Waals surface area contributed by atoms with Gasteiger partial charge in [0.1, 0.15) is 6.04 Å². The predicted octanol–water partition coefficient (Wildman–Crippen LogP) is -1.57. The monoisotopic (exact) mass is 230 g/mol. The van der Waals surface area contributed by atoms with E-state index in [1.165, 1.54) is 0 Å². The maximum absolute atomic E-state index is 11.6. The van der Waals surface area contributed by atoms with Crippen molar-refractivity contribution < 1.29 is 24.2 Å². The normalized spacial score (nSPS) is 20.3. The minimum Gasteiger partial charge on any atom is -0.474 e. The van der Waals surface area contributed by atoms with E-state index >= 15 is 0 Å². The average Bonchev–Trinajstić information content (AvgIpc) is 2.28. The first kappa shape index (κ1) is 12.4. The summed E-state index contributed by atoms with van der Waals surface area (Å²) in [7, 11) is 0. The first-order chi connectivity index (χ1) is 7.57. The lowest BCUT2D eigenvalue weighted by Gasteiger charge is -2.33. The van der Waals surface area contributed by atoms with E-state index in [4.69, 9.17) is 9.84 Å². The third-order valence-electron chi connectivity index (χ3n) is 2.23. The molecule has 1 heterocycles. The van der Waals surface area contributed by atoms with Crippen LogP contribution in [0.5, 0.6) is 0 Å². The van der Waals surface area contributed by atoms with Gasteiger partial charge in [-0.15, -0.1) is 0 Å². The van der Waals surface area contributed by atoms with Gasteiger partial charge in [-0.3, -0.25) is 9.59 Å². The van der Waals surface area contributed by atoms with Crippen molar-refractivity contribution in [2.75, 3.05) is 26.3 Å². The Morgan fingerprint density at radius 3 is 2.75 bits per heavy atom. The summed E-state index contributed by atoms with van der Waals surface area (Å²) in [5, 5.41) is 11.1. The van der Waals surface area contributed by atoms with E-state index in [1.54, 1.807) is 6.92 Å². The lowest BCUT2D eigenvalue weighted by atomic mass is 10.2. The number of hydrogen-bond donors (Lipinski definition) is 2. The van der Waals surface area contributed by atoms with E-state index < -0.39 is 23.8 Å². The van der Waals surface area contributed by atoms with E-state index in [0.717, 1.165) is 4.90 Å². The molecule has 1 fully saturated rings. The van der Waals surface area contributed by atoms with Crippen molar-refractivity contribution in [2.24, 2.45) is 0 Å². The van der Waals surface area contributed by atoms with Gasteiger partial charge in [-0.25, -0.2) is 4.79 Å². The van der Waals surface area contributed by atoms with Crippen molar-refractivity contribution in [3.63, 3.8) is 0 Å². The fourth-order valence-corrected chi connectivity index (χ4v) is 1.48. The number of carboxylic acids is 1. The van der Waals surface area contributed by atoms with E-state index in [1.807, 2.05) is 0 Å². The summed E-state index contributed by atoms with van der Waals surface area (Å²) >= 11 is 0. The number of nitrogens with zero attached hydrogens (tertiary/aromatic N) is 1. The number of rotatable bonds is 2. The van der Waals surface area contributed by atoms with Crippen LogP contribution in [0.1, 0.15) is 6.92 Å². The van der Waals surface area contributed by atoms with E-state index in [2.05, 4.69) is 5.32 Å². The Balaban J connectivity index is 2.74.